The molecule has 12 heavy (non-hydrogen) atoms. The molecule has 2 nitrogen and oxygen atoms in total. The van der Waals surface area contributed by atoms with Crippen LogP contribution >= 0.6 is 11.8 Å². The SMILES string of the molecule is O=C1CC=Nc2ccccc2S1. The first kappa shape index (κ1) is 7.55. The zero-order valence-electron chi connectivity index (χ0n) is 6.36. The van der Waals surface area contributed by atoms with E-state index in [1.54, 1.807) is 6.21 Å². The van der Waals surface area contributed by atoms with Gasteiger partial charge in [0.1, 0.15) is 0 Å². The molecule has 0 N–H and O–H groups in total. The third-order valence-electron chi connectivity index (χ3n) is 1.58. The van der Waals surface area contributed by atoms with Gasteiger partial charge in [0.05, 0.1) is 12.1 Å². The van der Waals surface area contributed by atoms with Crippen LogP contribution in [0.2, 0.25) is 0 Å². The Morgan fingerprint density at radius 2 is 2.17 bits per heavy atom. The predicted molar refractivity (Wildman–Crippen MR) is 50.1 cm³/mol. The molecule has 60 valence electrons. The summed E-state index contributed by atoms with van der Waals surface area (Å²) in [6.45, 7) is 0. The molecule has 2 rings (SSSR count). The van der Waals surface area contributed by atoms with Gasteiger partial charge in [-0.05, 0) is 23.9 Å². The molecule has 0 saturated carbocycles. The molecule has 0 bridgehead atoms. The lowest BCUT2D eigenvalue weighted by atomic mass is 10.3. The van der Waals surface area contributed by atoms with E-state index in [-0.39, 0.29) is 5.12 Å². The van der Waals surface area contributed by atoms with Gasteiger partial charge in [0.2, 0.25) is 0 Å². The van der Waals surface area contributed by atoms with Gasteiger partial charge in [0.25, 0.3) is 0 Å². The van der Waals surface area contributed by atoms with Crippen molar-refractivity contribution in [2.75, 3.05) is 0 Å². The Morgan fingerprint density at radius 3 is 3.08 bits per heavy atom. The van der Waals surface area contributed by atoms with Gasteiger partial charge in [0.15, 0.2) is 5.12 Å². The molecule has 3 heteroatoms. The summed E-state index contributed by atoms with van der Waals surface area (Å²) in [7, 11) is 0. The smallest absolute Gasteiger partial charge is 0.199 e. The molecule has 0 aliphatic carbocycles. The van der Waals surface area contributed by atoms with E-state index in [4.69, 9.17) is 0 Å². The molecule has 0 atom stereocenters. The van der Waals surface area contributed by atoms with Crippen LogP contribution in [-0.4, -0.2) is 11.3 Å². The van der Waals surface area contributed by atoms with Crippen molar-refractivity contribution in [2.24, 2.45) is 4.99 Å². The molecule has 0 amide bonds. The molecule has 0 aromatic heterocycles. The molecule has 1 heterocycles. The van der Waals surface area contributed by atoms with Gasteiger partial charge >= 0.3 is 0 Å². The standard InChI is InChI=1S/C9H7NOS/c11-9-5-6-10-7-3-1-2-4-8(7)12-9/h1-4,6H,5H2. The number of nitrogens with zero attached hydrogens (tertiary/aromatic N) is 1. The lowest BCUT2D eigenvalue weighted by molar-refractivity contribution is -0.109. The molecular weight excluding hydrogens is 170 g/mol. The minimum atomic E-state index is 0.156. The molecule has 0 spiro atoms. The molecule has 0 saturated heterocycles. The van der Waals surface area contributed by atoms with E-state index >= 15 is 0 Å². The number of para-hydroxylation sites is 1. The largest absolute Gasteiger partial charge is 0.286 e. The molecular formula is C9H7NOS. The van der Waals surface area contributed by atoms with Gasteiger partial charge in [-0.2, -0.15) is 0 Å². The average molecular weight is 177 g/mol. The first-order valence-corrected chi connectivity index (χ1v) is 4.50. The Balaban J connectivity index is 2.48. The first-order chi connectivity index (χ1) is 5.86. The van der Waals surface area contributed by atoms with E-state index in [1.165, 1.54) is 11.8 Å². The van der Waals surface area contributed by atoms with Gasteiger partial charge in [-0.1, -0.05) is 12.1 Å². The summed E-state index contributed by atoms with van der Waals surface area (Å²) in [4.78, 5) is 16.2. The quantitative estimate of drug-likeness (QED) is 0.609. The van der Waals surface area contributed by atoms with Crippen LogP contribution in [-0.2, 0) is 4.79 Å². The van der Waals surface area contributed by atoms with Gasteiger partial charge in [-0.15, -0.1) is 0 Å². The Morgan fingerprint density at radius 1 is 1.33 bits per heavy atom. The van der Waals surface area contributed by atoms with Crippen molar-refractivity contribution in [1.82, 2.24) is 0 Å². The van der Waals surface area contributed by atoms with Crippen LogP contribution in [0.4, 0.5) is 5.69 Å². The van der Waals surface area contributed by atoms with E-state index in [1.807, 2.05) is 24.3 Å². The molecule has 1 aliphatic heterocycles. The van der Waals surface area contributed by atoms with Crippen molar-refractivity contribution < 1.29 is 4.79 Å². The normalized spacial score (nSPS) is 15.5. The number of hydrogen-bond acceptors (Lipinski definition) is 3. The highest BCUT2D eigenvalue weighted by Gasteiger charge is 2.09. The zero-order chi connectivity index (χ0) is 8.39. The van der Waals surface area contributed by atoms with Crippen LogP contribution in [0.1, 0.15) is 6.42 Å². The highest BCUT2D eigenvalue weighted by molar-refractivity contribution is 8.13. The minimum Gasteiger partial charge on any atom is -0.286 e. The van der Waals surface area contributed by atoms with Crippen LogP contribution < -0.4 is 0 Å². The van der Waals surface area contributed by atoms with Crippen molar-refractivity contribution in [3.63, 3.8) is 0 Å². The maximum absolute atomic E-state index is 11.1. The molecule has 1 aromatic carbocycles. The number of carbonyl (C=O) groups excluding carboxylic acids is 1. The van der Waals surface area contributed by atoms with Gasteiger partial charge < -0.3 is 0 Å². The summed E-state index contributed by atoms with van der Waals surface area (Å²) in [6.07, 6.45) is 2.10. The van der Waals surface area contributed by atoms with Gasteiger partial charge in [-0.3, -0.25) is 9.79 Å². The summed E-state index contributed by atoms with van der Waals surface area (Å²) in [5.41, 5.74) is 0.897. The number of thioether (sulfide) groups is 1. The number of fused-ring (bicyclic) bond motifs is 1. The van der Waals surface area contributed by atoms with Crippen molar-refractivity contribution >= 4 is 28.8 Å². The van der Waals surface area contributed by atoms with Crippen LogP contribution in [0.15, 0.2) is 34.2 Å². The van der Waals surface area contributed by atoms with Crippen molar-refractivity contribution in [3.8, 4) is 0 Å². The average Bonchev–Trinajstić information content (AvgIpc) is 2.25. The number of carbonyl (C=O) groups is 1. The second-order valence-electron chi connectivity index (χ2n) is 2.46. The summed E-state index contributed by atoms with van der Waals surface area (Å²) < 4.78 is 0. The van der Waals surface area contributed by atoms with E-state index < -0.39 is 0 Å². The van der Waals surface area contributed by atoms with Crippen LogP contribution in [0.3, 0.4) is 0 Å². The van der Waals surface area contributed by atoms with Crippen molar-refractivity contribution in [3.05, 3.63) is 24.3 Å². The van der Waals surface area contributed by atoms with E-state index in [0.717, 1.165) is 10.6 Å². The third-order valence-corrected chi connectivity index (χ3v) is 2.54. The van der Waals surface area contributed by atoms with E-state index in [9.17, 15) is 4.79 Å². The highest BCUT2D eigenvalue weighted by atomic mass is 32.2. The Bertz CT molecular complexity index is 346. The maximum atomic E-state index is 11.1. The van der Waals surface area contributed by atoms with Crippen molar-refractivity contribution in [1.29, 1.82) is 0 Å². The van der Waals surface area contributed by atoms with Crippen LogP contribution in [0, 0.1) is 0 Å². The second kappa shape index (κ2) is 3.11. The third kappa shape index (κ3) is 1.41. The lowest BCUT2D eigenvalue weighted by Gasteiger charge is -1.98. The topological polar surface area (TPSA) is 29.4 Å². The van der Waals surface area contributed by atoms with Crippen LogP contribution in [0.25, 0.3) is 0 Å². The van der Waals surface area contributed by atoms with Crippen LogP contribution in [0.5, 0.6) is 0 Å². The zero-order valence-corrected chi connectivity index (χ0v) is 7.17. The lowest BCUT2D eigenvalue weighted by Crippen LogP contribution is -1.88. The highest BCUT2D eigenvalue weighted by Crippen LogP contribution is 2.31. The Labute approximate surface area is 74.7 Å². The first-order valence-electron chi connectivity index (χ1n) is 3.68. The summed E-state index contributed by atoms with van der Waals surface area (Å²) >= 11 is 1.27. The van der Waals surface area contributed by atoms with E-state index in [0.29, 0.717) is 6.42 Å². The summed E-state index contributed by atoms with van der Waals surface area (Å²) in [5.74, 6) is 0. The van der Waals surface area contributed by atoms with E-state index in [2.05, 4.69) is 4.99 Å². The fourth-order valence-electron chi connectivity index (χ4n) is 1.03. The number of aliphatic imine (C=N–C) groups is 1. The molecule has 1 aromatic rings. The predicted octanol–water partition coefficient (Wildman–Crippen LogP) is 2.41. The second-order valence-corrected chi connectivity index (χ2v) is 3.56. The minimum absolute atomic E-state index is 0.156. The monoisotopic (exact) mass is 177 g/mol. The number of benzene rings is 1. The Kier molecular flexibility index (Phi) is 1.96. The van der Waals surface area contributed by atoms with Crippen molar-refractivity contribution in [2.45, 2.75) is 11.3 Å². The molecule has 1 aliphatic rings. The number of rotatable bonds is 0. The fourth-order valence-corrected chi connectivity index (χ4v) is 1.81. The number of hydrogen-bond donors (Lipinski definition) is 0. The molecule has 0 unspecified atom stereocenters. The maximum Gasteiger partial charge on any atom is 0.199 e. The van der Waals surface area contributed by atoms with Gasteiger partial charge in [0, 0.05) is 11.1 Å². The Hall–Kier alpha value is -1.09. The fraction of sp³-hybridized carbons (Fsp3) is 0.111. The molecule has 0 fully saturated rings. The molecule has 0 radical (unpaired) electrons. The summed E-state index contributed by atoms with van der Waals surface area (Å²) in [6, 6.07) is 7.67. The van der Waals surface area contributed by atoms with Gasteiger partial charge in [-0.25, -0.2) is 0 Å². The summed E-state index contributed by atoms with van der Waals surface area (Å²) in [5, 5.41) is 0.156.